The van der Waals surface area contributed by atoms with Crippen LogP contribution >= 0.6 is 0 Å². The van der Waals surface area contributed by atoms with Gasteiger partial charge in [-0.2, -0.15) is 0 Å². The summed E-state index contributed by atoms with van der Waals surface area (Å²) >= 11 is 0. The molecule has 0 aliphatic carbocycles. The Hall–Kier alpha value is -1.02. The van der Waals surface area contributed by atoms with Crippen LogP contribution in [0.5, 0.6) is 0 Å². The van der Waals surface area contributed by atoms with E-state index in [0.717, 1.165) is 19.8 Å². The average Bonchev–Trinajstić information content (AvgIpc) is 2.51. The average molecular weight is 189 g/mol. The number of aryl methyl sites for hydroxylation is 1. The van der Waals surface area contributed by atoms with E-state index in [2.05, 4.69) is 17.4 Å². The molecule has 0 bridgehead atoms. The highest BCUT2D eigenvalue weighted by atomic mass is 16.5. The first-order valence-electron chi connectivity index (χ1n) is 5.40. The highest BCUT2D eigenvalue weighted by Crippen LogP contribution is 2.29. The first-order valence-corrected chi connectivity index (χ1v) is 5.40. The molecule has 2 heteroatoms. The number of ether oxygens (including phenoxy) is 1. The largest absolute Gasteiger partial charge is 0.385 e. The van der Waals surface area contributed by atoms with Gasteiger partial charge < -0.3 is 10.1 Å². The van der Waals surface area contributed by atoms with Gasteiger partial charge >= 0.3 is 0 Å². The summed E-state index contributed by atoms with van der Waals surface area (Å²) in [5.74, 6) is 0. The third-order valence-corrected chi connectivity index (χ3v) is 3.13. The van der Waals surface area contributed by atoms with Crippen LogP contribution in [-0.2, 0) is 24.4 Å². The van der Waals surface area contributed by atoms with E-state index in [1.165, 1.54) is 41.6 Å². The van der Waals surface area contributed by atoms with Crippen molar-refractivity contribution in [1.29, 1.82) is 0 Å². The lowest BCUT2D eigenvalue weighted by molar-refractivity contribution is 0.134. The van der Waals surface area contributed by atoms with Gasteiger partial charge in [0.25, 0.3) is 0 Å². The molecule has 0 radical (unpaired) electrons. The van der Waals surface area contributed by atoms with Crippen molar-refractivity contribution < 1.29 is 4.74 Å². The van der Waals surface area contributed by atoms with Crippen LogP contribution in [0.3, 0.4) is 0 Å². The van der Waals surface area contributed by atoms with Gasteiger partial charge in [-0.1, -0.05) is 6.07 Å². The van der Waals surface area contributed by atoms with Crippen LogP contribution in [0, 0.1) is 0 Å². The zero-order valence-electron chi connectivity index (χ0n) is 8.31. The molecular weight excluding hydrogens is 174 g/mol. The van der Waals surface area contributed by atoms with Crippen molar-refractivity contribution in [3.05, 3.63) is 28.8 Å². The Balaban J connectivity index is 2.06. The van der Waals surface area contributed by atoms with E-state index in [1.54, 1.807) is 0 Å². The third kappa shape index (κ3) is 1.30. The molecule has 2 nitrogen and oxygen atoms in total. The van der Waals surface area contributed by atoms with Gasteiger partial charge in [0.2, 0.25) is 0 Å². The molecule has 0 spiro atoms. The minimum atomic E-state index is 0.796. The summed E-state index contributed by atoms with van der Waals surface area (Å²) in [7, 11) is 0. The second-order valence-electron chi connectivity index (χ2n) is 4.15. The predicted octanol–water partition coefficient (Wildman–Crippen LogP) is 2.47. The minimum Gasteiger partial charge on any atom is -0.385 e. The van der Waals surface area contributed by atoms with Gasteiger partial charge in [-0.15, -0.1) is 0 Å². The van der Waals surface area contributed by atoms with E-state index in [1.807, 2.05) is 0 Å². The van der Waals surface area contributed by atoms with Crippen LogP contribution in [0.25, 0.3) is 0 Å². The van der Waals surface area contributed by atoms with Crippen LogP contribution in [0.2, 0.25) is 0 Å². The lowest BCUT2D eigenvalue weighted by Gasteiger charge is -2.09. The maximum Gasteiger partial charge on any atom is 0.0725 e. The smallest absolute Gasteiger partial charge is 0.0725 e. The molecule has 3 rings (SSSR count). The van der Waals surface area contributed by atoms with E-state index in [-0.39, 0.29) is 0 Å². The number of hydrogen-bond acceptors (Lipinski definition) is 2. The van der Waals surface area contributed by atoms with Crippen LogP contribution in [0.1, 0.15) is 29.5 Å². The molecule has 1 aromatic rings. The van der Waals surface area contributed by atoms with Crippen LogP contribution < -0.4 is 5.32 Å². The standard InChI is InChI=1S/C12H15NO/c1-2-4-13-12-6-11-8-14-7-10(11)5-9(12)3-1/h5-6,13H,1-4,7-8H2. The van der Waals surface area contributed by atoms with Crippen LogP contribution in [-0.4, -0.2) is 6.54 Å². The number of nitrogens with one attached hydrogen (secondary N) is 1. The Morgan fingerprint density at radius 3 is 2.79 bits per heavy atom. The topological polar surface area (TPSA) is 21.3 Å². The van der Waals surface area contributed by atoms with Crippen molar-refractivity contribution >= 4 is 5.69 Å². The molecule has 2 aliphatic heterocycles. The van der Waals surface area contributed by atoms with Crippen LogP contribution in [0.4, 0.5) is 5.69 Å². The predicted molar refractivity (Wildman–Crippen MR) is 56.4 cm³/mol. The van der Waals surface area contributed by atoms with Crippen molar-refractivity contribution in [3.63, 3.8) is 0 Å². The van der Waals surface area contributed by atoms with Gasteiger partial charge in [-0.25, -0.2) is 0 Å². The van der Waals surface area contributed by atoms with Crippen LogP contribution in [0.15, 0.2) is 12.1 Å². The normalized spacial score (nSPS) is 19.4. The molecular formula is C12H15NO. The van der Waals surface area contributed by atoms with Gasteiger partial charge in [-0.3, -0.25) is 0 Å². The molecule has 2 heterocycles. The zero-order chi connectivity index (χ0) is 9.38. The molecule has 2 aliphatic rings. The maximum absolute atomic E-state index is 5.44. The Morgan fingerprint density at radius 2 is 1.86 bits per heavy atom. The summed E-state index contributed by atoms with van der Waals surface area (Å²) in [6.07, 6.45) is 3.81. The van der Waals surface area contributed by atoms with Crippen molar-refractivity contribution in [2.24, 2.45) is 0 Å². The number of hydrogen-bond donors (Lipinski definition) is 1. The summed E-state index contributed by atoms with van der Waals surface area (Å²) in [4.78, 5) is 0. The maximum atomic E-state index is 5.44. The van der Waals surface area contributed by atoms with Gasteiger partial charge in [-0.05, 0) is 42.0 Å². The Kier molecular flexibility index (Phi) is 1.95. The Bertz CT molecular complexity index is 327. The second-order valence-corrected chi connectivity index (χ2v) is 4.15. The SMILES string of the molecule is c1c2c(cc3c1CCCCN3)COC2. The third-order valence-electron chi connectivity index (χ3n) is 3.13. The summed E-state index contributed by atoms with van der Waals surface area (Å²) in [6.45, 7) is 2.72. The molecule has 0 unspecified atom stereocenters. The molecule has 0 aromatic heterocycles. The summed E-state index contributed by atoms with van der Waals surface area (Å²) in [6, 6.07) is 4.61. The Morgan fingerprint density at radius 1 is 1.00 bits per heavy atom. The summed E-state index contributed by atoms with van der Waals surface area (Å²) < 4.78 is 5.44. The molecule has 0 amide bonds. The monoisotopic (exact) mass is 189 g/mol. The fourth-order valence-corrected chi connectivity index (χ4v) is 2.31. The molecule has 0 fully saturated rings. The van der Waals surface area contributed by atoms with Gasteiger partial charge in [0.1, 0.15) is 0 Å². The number of rotatable bonds is 0. The number of benzene rings is 1. The second kappa shape index (κ2) is 3.28. The van der Waals surface area contributed by atoms with Crippen molar-refractivity contribution in [1.82, 2.24) is 0 Å². The molecule has 1 aromatic carbocycles. The van der Waals surface area contributed by atoms with Gasteiger partial charge in [0, 0.05) is 12.2 Å². The molecule has 1 N–H and O–H groups in total. The number of anilines is 1. The van der Waals surface area contributed by atoms with E-state index in [0.29, 0.717) is 0 Å². The van der Waals surface area contributed by atoms with Crippen molar-refractivity contribution in [3.8, 4) is 0 Å². The van der Waals surface area contributed by atoms with E-state index in [4.69, 9.17) is 4.74 Å². The van der Waals surface area contributed by atoms with E-state index in [9.17, 15) is 0 Å². The van der Waals surface area contributed by atoms with Crippen molar-refractivity contribution in [2.45, 2.75) is 32.5 Å². The minimum absolute atomic E-state index is 0.796. The van der Waals surface area contributed by atoms with Crippen molar-refractivity contribution in [2.75, 3.05) is 11.9 Å². The first-order chi connectivity index (χ1) is 6.93. The van der Waals surface area contributed by atoms with Gasteiger partial charge in [0.15, 0.2) is 0 Å². The van der Waals surface area contributed by atoms with Gasteiger partial charge in [0.05, 0.1) is 13.2 Å². The Labute approximate surface area is 84.3 Å². The highest BCUT2D eigenvalue weighted by Gasteiger charge is 2.15. The lowest BCUT2D eigenvalue weighted by atomic mass is 10.0. The summed E-state index contributed by atoms with van der Waals surface area (Å²) in [5.41, 5.74) is 5.59. The molecule has 14 heavy (non-hydrogen) atoms. The fourth-order valence-electron chi connectivity index (χ4n) is 2.31. The van der Waals surface area contributed by atoms with E-state index < -0.39 is 0 Å². The zero-order valence-corrected chi connectivity index (χ0v) is 8.31. The lowest BCUT2D eigenvalue weighted by Crippen LogP contribution is -2.00. The fraction of sp³-hybridized carbons (Fsp3) is 0.500. The molecule has 0 atom stereocenters. The number of fused-ring (bicyclic) bond motifs is 2. The molecule has 0 saturated carbocycles. The quantitative estimate of drug-likeness (QED) is 0.677. The summed E-state index contributed by atoms with van der Waals surface area (Å²) in [5, 5.41) is 3.50. The highest BCUT2D eigenvalue weighted by molar-refractivity contribution is 5.56. The van der Waals surface area contributed by atoms with E-state index >= 15 is 0 Å². The molecule has 74 valence electrons. The first kappa shape index (κ1) is 8.30. The molecule has 0 saturated heterocycles.